The maximum Gasteiger partial charge on any atom is 0.247 e. The van der Waals surface area contributed by atoms with E-state index in [1.165, 1.54) is 6.42 Å². The van der Waals surface area contributed by atoms with E-state index in [2.05, 4.69) is 45.7 Å². The molecule has 0 spiro atoms. The average Bonchev–Trinajstić information content (AvgIpc) is 3.15. The summed E-state index contributed by atoms with van der Waals surface area (Å²) >= 11 is 0. The molecule has 30 heavy (non-hydrogen) atoms. The summed E-state index contributed by atoms with van der Waals surface area (Å²) in [4.78, 5) is 19.2. The van der Waals surface area contributed by atoms with E-state index in [0.29, 0.717) is 6.54 Å². The van der Waals surface area contributed by atoms with E-state index in [1.807, 2.05) is 30.9 Å². The van der Waals surface area contributed by atoms with Gasteiger partial charge in [0.2, 0.25) is 5.91 Å². The minimum atomic E-state index is -0.188. The van der Waals surface area contributed by atoms with Crippen molar-refractivity contribution in [3.8, 4) is 0 Å². The number of nitrogens with one attached hydrogen (secondary N) is 2. The summed E-state index contributed by atoms with van der Waals surface area (Å²) in [7, 11) is 1.98. The Morgan fingerprint density at radius 3 is 2.93 bits per heavy atom. The van der Waals surface area contributed by atoms with Crippen LogP contribution in [-0.4, -0.2) is 46.5 Å². The first-order valence-corrected chi connectivity index (χ1v) is 10.8. The summed E-state index contributed by atoms with van der Waals surface area (Å²) in [6.45, 7) is 8.36. The summed E-state index contributed by atoms with van der Waals surface area (Å²) in [6.07, 6.45) is 7.72. The first kappa shape index (κ1) is 20.7. The Kier molecular flexibility index (Phi) is 5.94. The highest BCUT2D eigenvalue weighted by atomic mass is 16.5. The molecule has 4 rings (SSSR count). The van der Waals surface area contributed by atoms with Gasteiger partial charge in [0, 0.05) is 38.0 Å². The predicted molar refractivity (Wildman–Crippen MR) is 118 cm³/mol. The second-order valence-electron chi connectivity index (χ2n) is 8.69. The molecule has 2 aromatic rings. The normalized spacial score (nSPS) is 21.5. The molecule has 2 aliphatic rings. The molecule has 1 fully saturated rings. The first-order valence-electron chi connectivity index (χ1n) is 10.8. The van der Waals surface area contributed by atoms with Gasteiger partial charge in [0.25, 0.3) is 0 Å². The maximum atomic E-state index is 12.5. The fourth-order valence-electron chi connectivity index (χ4n) is 4.40. The van der Waals surface area contributed by atoms with Gasteiger partial charge in [-0.3, -0.25) is 9.48 Å². The Morgan fingerprint density at radius 1 is 1.37 bits per heavy atom. The average molecular weight is 413 g/mol. The van der Waals surface area contributed by atoms with Crippen LogP contribution in [0.4, 0.5) is 17.2 Å². The minimum absolute atomic E-state index is 0.0277. The lowest BCUT2D eigenvalue weighted by molar-refractivity contribution is -0.118. The van der Waals surface area contributed by atoms with E-state index in [-0.39, 0.29) is 24.0 Å². The molecule has 1 unspecified atom stereocenters. The lowest BCUT2D eigenvalue weighted by atomic mass is 9.98. The summed E-state index contributed by atoms with van der Waals surface area (Å²) in [5, 5.41) is 10.9. The monoisotopic (exact) mass is 412 g/mol. The lowest BCUT2D eigenvalue weighted by Crippen LogP contribution is -2.49. The fraction of sp³-hybridized carbons (Fsp3) is 0.591. The number of likely N-dealkylation sites (N-methyl/N-ethyl adjacent to an activating group) is 1. The van der Waals surface area contributed by atoms with E-state index in [4.69, 9.17) is 4.74 Å². The number of amides is 1. The Labute approximate surface area is 178 Å². The smallest absolute Gasteiger partial charge is 0.247 e. The third kappa shape index (κ3) is 4.28. The van der Waals surface area contributed by atoms with Gasteiger partial charge in [0.15, 0.2) is 0 Å². The molecule has 0 saturated carbocycles. The van der Waals surface area contributed by atoms with Crippen molar-refractivity contribution in [1.82, 2.24) is 14.8 Å². The topological polar surface area (TPSA) is 84.3 Å². The summed E-state index contributed by atoms with van der Waals surface area (Å²) in [5.41, 5.74) is 3.70. The number of hydrogen-bond donors (Lipinski definition) is 2. The van der Waals surface area contributed by atoms with Gasteiger partial charge in [-0.05, 0) is 32.1 Å². The van der Waals surface area contributed by atoms with Crippen LogP contribution in [0.5, 0.6) is 0 Å². The fourth-order valence-corrected chi connectivity index (χ4v) is 4.40. The number of fused-ring (bicyclic) bond motifs is 1. The quantitative estimate of drug-likeness (QED) is 0.758. The molecule has 1 saturated heterocycles. The Hall–Kier alpha value is -2.61. The number of pyridine rings is 1. The van der Waals surface area contributed by atoms with Crippen molar-refractivity contribution < 1.29 is 9.53 Å². The summed E-state index contributed by atoms with van der Waals surface area (Å²) in [6, 6.07) is 1.82. The van der Waals surface area contributed by atoms with Gasteiger partial charge in [-0.15, -0.1) is 0 Å². The molecule has 0 aliphatic carbocycles. The number of aryl methyl sites for hydroxylation is 1. The van der Waals surface area contributed by atoms with Crippen LogP contribution < -0.4 is 15.5 Å². The SMILES string of the molecule is Cc1nc(NCc2cnn(CC3CCCCO3)c2)cc2c1NC(=O)[C@H](C(C)C)N2C. The first-order chi connectivity index (χ1) is 14.4. The van der Waals surface area contributed by atoms with Crippen molar-refractivity contribution in [3.63, 3.8) is 0 Å². The van der Waals surface area contributed by atoms with E-state index in [9.17, 15) is 4.79 Å². The Morgan fingerprint density at radius 2 is 2.20 bits per heavy atom. The molecule has 2 N–H and O–H groups in total. The van der Waals surface area contributed by atoms with Crippen molar-refractivity contribution in [2.75, 3.05) is 29.2 Å². The third-order valence-electron chi connectivity index (χ3n) is 5.95. The molecule has 0 radical (unpaired) electrons. The van der Waals surface area contributed by atoms with Crippen LogP contribution in [-0.2, 0) is 22.6 Å². The van der Waals surface area contributed by atoms with E-state index in [0.717, 1.165) is 54.4 Å². The largest absolute Gasteiger partial charge is 0.376 e. The summed E-state index contributed by atoms with van der Waals surface area (Å²) < 4.78 is 7.78. The van der Waals surface area contributed by atoms with Gasteiger partial charge in [0.05, 0.1) is 35.9 Å². The van der Waals surface area contributed by atoms with Gasteiger partial charge in [-0.25, -0.2) is 4.98 Å². The third-order valence-corrected chi connectivity index (χ3v) is 5.95. The second-order valence-corrected chi connectivity index (χ2v) is 8.69. The molecular weight excluding hydrogens is 380 g/mol. The van der Waals surface area contributed by atoms with Crippen LogP contribution in [0.3, 0.4) is 0 Å². The number of carbonyl (C=O) groups is 1. The van der Waals surface area contributed by atoms with E-state index >= 15 is 0 Å². The van der Waals surface area contributed by atoms with Crippen LogP contribution in [0, 0.1) is 12.8 Å². The molecule has 4 heterocycles. The molecular formula is C22H32N6O2. The van der Waals surface area contributed by atoms with Crippen LogP contribution in [0.2, 0.25) is 0 Å². The number of hydrogen-bond acceptors (Lipinski definition) is 6. The zero-order valence-corrected chi connectivity index (χ0v) is 18.3. The van der Waals surface area contributed by atoms with Crippen LogP contribution in [0.1, 0.15) is 44.4 Å². The van der Waals surface area contributed by atoms with Crippen molar-refractivity contribution in [2.45, 2.75) is 65.3 Å². The van der Waals surface area contributed by atoms with Gasteiger partial charge in [0.1, 0.15) is 11.9 Å². The Balaban J connectivity index is 1.43. The van der Waals surface area contributed by atoms with E-state index in [1.54, 1.807) is 0 Å². The number of rotatable bonds is 6. The molecule has 1 amide bonds. The molecule has 0 bridgehead atoms. The molecule has 8 heteroatoms. The maximum absolute atomic E-state index is 12.5. The highest BCUT2D eigenvalue weighted by Gasteiger charge is 2.34. The number of ether oxygens (including phenoxy) is 1. The van der Waals surface area contributed by atoms with Crippen molar-refractivity contribution in [1.29, 1.82) is 0 Å². The number of nitrogens with zero attached hydrogens (tertiary/aromatic N) is 4. The molecule has 0 aromatic carbocycles. The van der Waals surface area contributed by atoms with Crippen molar-refractivity contribution in [3.05, 3.63) is 29.7 Å². The highest BCUT2D eigenvalue weighted by molar-refractivity contribution is 6.04. The van der Waals surface area contributed by atoms with E-state index < -0.39 is 0 Å². The standard InChI is InChI=1S/C22H32N6O2/c1-14(2)21-22(29)26-20-15(3)25-19(9-18(20)27(21)4)23-10-16-11-24-28(12-16)13-17-7-5-6-8-30-17/h9,11-12,14,17,21H,5-8,10,13H2,1-4H3,(H,23,25)(H,26,29)/t17?,21-/m0/s1. The molecule has 2 atom stereocenters. The van der Waals surface area contributed by atoms with Crippen LogP contribution in [0.25, 0.3) is 0 Å². The van der Waals surface area contributed by atoms with Gasteiger partial charge in [-0.1, -0.05) is 13.8 Å². The molecule has 2 aromatic heterocycles. The van der Waals surface area contributed by atoms with Crippen molar-refractivity contribution in [2.24, 2.45) is 5.92 Å². The Bertz CT molecular complexity index is 903. The molecule has 8 nitrogen and oxygen atoms in total. The number of anilines is 3. The number of aromatic nitrogens is 3. The van der Waals surface area contributed by atoms with Gasteiger partial charge in [-0.2, -0.15) is 5.10 Å². The van der Waals surface area contributed by atoms with Gasteiger partial charge >= 0.3 is 0 Å². The highest BCUT2D eigenvalue weighted by Crippen LogP contribution is 2.36. The zero-order chi connectivity index (χ0) is 21.3. The van der Waals surface area contributed by atoms with Gasteiger partial charge < -0.3 is 20.3 Å². The van der Waals surface area contributed by atoms with Crippen molar-refractivity contribution >= 4 is 23.1 Å². The predicted octanol–water partition coefficient (Wildman–Crippen LogP) is 3.18. The van der Waals surface area contributed by atoms with Crippen LogP contribution >= 0.6 is 0 Å². The van der Waals surface area contributed by atoms with Crippen LogP contribution in [0.15, 0.2) is 18.5 Å². The second kappa shape index (κ2) is 8.63. The lowest BCUT2D eigenvalue weighted by Gasteiger charge is -2.38. The summed E-state index contributed by atoms with van der Waals surface area (Å²) in [5.74, 6) is 1.03. The minimum Gasteiger partial charge on any atom is -0.376 e. The number of carbonyl (C=O) groups excluding carboxylic acids is 1. The molecule has 2 aliphatic heterocycles. The molecule has 162 valence electrons. The zero-order valence-electron chi connectivity index (χ0n) is 18.3.